The molecule has 12 rings (SSSR count). The zero-order valence-corrected chi connectivity index (χ0v) is 80.1. The fourth-order valence-electron chi connectivity index (χ4n) is 14.4. The molecule has 40 heteroatoms. The van der Waals surface area contributed by atoms with E-state index in [0.717, 1.165) is 17.5 Å². The summed E-state index contributed by atoms with van der Waals surface area (Å²) in [5, 5.41) is 7.80. The minimum Gasteiger partial charge on any atom is -0.444 e. The van der Waals surface area contributed by atoms with Crippen LogP contribution in [0.2, 0.25) is 0 Å². The van der Waals surface area contributed by atoms with E-state index in [-0.39, 0.29) is 110 Å². The predicted octanol–water partition coefficient (Wildman–Crippen LogP) is 10.5. The number of Topliss-reactive ketones (excluding diaryl/α,β-unsaturated/α-hetero) is 8. The number of hydrogen-bond donors (Lipinski definition) is 4. The number of benzene rings is 4. The van der Waals surface area contributed by atoms with E-state index in [9.17, 15) is 71.9 Å². The summed E-state index contributed by atoms with van der Waals surface area (Å²) in [5.41, 5.74) is 10.00. The van der Waals surface area contributed by atoms with Gasteiger partial charge in [-0.25, -0.2) is 33.6 Å². The number of amides is 3. The number of para-hydroxylation sites is 4. The number of hydrogen-bond acceptors (Lipinski definition) is 31. The van der Waals surface area contributed by atoms with Crippen LogP contribution in [0.4, 0.5) is 14.4 Å². The molecule has 8 aromatic rings. The van der Waals surface area contributed by atoms with Crippen LogP contribution in [0.1, 0.15) is 193 Å². The second kappa shape index (κ2) is 55.6. The lowest BCUT2D eigenvalue weighted by atomic mass is 9.92. The number of ether oxygens (including phenoxy) is 11. The molecule has 4 aliphatic carbocycles. The van der Waals surface area contributed by atoms with Gasteiger partial charge in [-0.1, -0.05) is 54.2 Å². The Kier molecular flexibility index (Phi) is 45.6. The van der Waals surface area contributed by atoms with Crippen molar-refractivity contribution in [1.82, 2.24) is 34.2 Å². The van der Waals surface area contributed by atoms with Gasteiger partial charge in [0.05, 0.1) is 161 Å². The van der Waals surface area contributed by atoms with E-state index in [1.807, 2.05) is 45.0 Å². The van der Waals surface area contributed by atoms with Crippen molar-refractivity contribution in [3.8, 4) is 24.2 Å². The SMILES string of the molecule is C#CCOCCOCCNC(=O)OC(C)(C)C.CC(C)(C)OC(=O)NCCOCCOCC#Cc1cccc2c1oc(=O)n2C1CCC(=O)CC1=O.CC(C)(C)OC(=O)NCCOCCOCCCc1cccc2c1oc(=O)n2C1CCC(=O)CC1=O.Cl.NCCOCCOCCCc1cccc2c1oc(=O)n2C1CCC(=O)CC1=O.O=C1CCC(n2c(=O)oc3c(Br)cccc32)C(=O)C1. The average Bonchev–Trinajstić information content (AvgIpc) is 1.64. The van der Waals surface area contributed by atoms with Gasteiger partial charge in [0.15, 0.2) is 45.5 Å². The molecular formula is C95H122BrClN8O30. The first-order valence-corrected chi connectivity index (χ1v) is 45.3. The Balaban J connectivity index is 0.000000236. The molecule has 4 aromatic carbocycles. The number of carbonyl (C=O) groups is 11. The van der Waals surface area contributed by atoms with Crippen molar-refractivity contribution in [2.75, 3.05) is 132 Å². The van der Waals surface area contributed by atoms with Gasteiger partial charge in [-0.15, -0.1) is 18.8 Å². The van der Waals surface area contributed by atoms with Gasteiger partial charge >= 0.3 is 41.3 Å². The number of nitrogens with one attached hydrogen (secondary N) is 3. The number of halogens is 2. The molecule has 38 nitrogen and oxygen atoms in total. The highest BCUT2D eigenvalue weighted by Gasteiger charge is 2.37. The summed E-state index contributed by atoms with van der Waals surface area (Å²) in [6.07, 6.45) is 8.38. The number of nitrogens with two attached hydrogens (primary N) is 1. The summed E-state index contributed by atoms with van der Waals surface area (Å²) in [5.74, 6) is 4.52. The first-order valence-electron chi connectivity index (χ1n) is 44.5. The molecule has 4 fully saturated rings. The molecule has 0 aliphatic heterocycles. The molecule has 4 unspecified atom stereocenters. The number of rotatable bonds is 37. The first kappa shape index (κ1) is 111. The van der Waals surface area contributed by atoms with Gasteiger partial charge in [0.1, 0.15) is 53.1 Å². The van der Waals surface area contributed by atoms with Gasteiger partial charge in [-0.05, 0) is 177 Å². The zero-order chi connectivity index (χ0) is 97.5. The van der Waals surface area contributed by atoms with Crippen molar-refractivity contribution >= 4 is 137 Å². The summed E-state index contributed by atoms with van der Waals surface area (Å²) in [7, 11) is 0. The third-order valence-electron chi connectivity index (χ3n) is 20.2. The molecule has 0 saturated heterocycles. The Hall–Kier alpha value is -11.3. The average molecular weight is 1970 g/mol. The number of carbonyl (C=O) groups excluding carboxylic acids is 11. The second-order valence-corrected chi connectivity index (χ2v) is 35.1. The summed E-state index contributed by atoms with van der Waals surface area (Å²) in [6, 6.07) is 18.9. The van der Waals surface area contributed by atoms with E-state index in [2.05, 4.69) is 49.6 Å². The Morgan fingerprint density at radius 3 is 1.04 bits per heavy atom. The number of nitrogens with zero attached hydrogens (tertiary/aromatic N) is 4. The molecule has 736 valence electrons. The van der Waals surface area contributed by atoms with E-state index in [1.54, 1.807) is 90.1 Å². The second-order valence-electron chi connectivity index (χ2n) is 34.2. The number of aromatic nitrogens is 4. The molecule has 0 spiro atoms. The van der Waals surface area contributed by atoms with Gasteiger partial charge < -0.3 is 91.5 Å². The zero-order valence-electron chi connectivity index (χ0n) is 77.7. The minimum absolute atomic E-state index is 0. The van der Waals surface area contributed by atoms with Crippen LogP contribution in [0.25, 0.3) is 44.4 Å². The van der Waals surface area contributed by atoms with Crippen LogP contribution < -0.4 is 44.7 Å². The molecule has 4 aliphatic rings. The molecule has 4 aromatic heterocycles. The van der Waals surface area contributed by atoms with Crippen LogP contribution in [0, 0.1) is 24.2 Å². The highest BCUT2D eigenvalue weighted by molar-refractivity contribution is 9.10. The van der Waals surface area contributed by atoms with Crippen molar-refractivity contribution in [2.24, 2.45) is 5.73 Å². The number of fused-ring (bicyclic) bond motifs is 4. The fraction of sp³-hybridized carbons (Fsp3) is 0.547. The van der Waals surface area contributed by atoms with Crippen molar-refractivity contribution in [2.45, 2.75) is 206 Å². The van der Waals surface area contributed by atoms with E-state index in [0.29, 0.717) is 231 Å². The quantitative estimate of drug-likeness (QED) is 0.0122. The monoisotopic (exact) mass is 1970 g/mol. The van der Waals surface area contributed by atoms with Gasteiger partial charge in [0, 0.05) is 65.1 Å². The molecule has 5 N–H and O–H groups in total. The topological polar surface area (TPSA) is 492 Å². The standard InChI is InChI=1S/C25H34N2O8.C25H30N2O8.C20H26N2O6.C13H10BrNO4.C12H21NO4.ClH/c2*1-25(2,3)35-23(30)26-11-13-33-15-14-32-12-5-7-17-6-4-8-20-22(17)34-24(31)27(20)19-10-9-18(28)16-21(19)29;21-8-10-27-12-11-26-9-2-4-14-3-1-5-17-19(14)28-20(25)22(17)16-7-6-15(23)13-18(16)24;14-8-2-1-3-10-12(8)19-13(18)15(10)9-5-4-7(16)6-11(9)17;1-5-7-15-9-10-16-8-6-13-11(14)17-12(2,3)4;/h4,6,8,19H,5,7,9-16H2,1-3H3,(H,26,30);4,6,8,19H,9-16H2,1-3H3,(H,26,30);1,3,5,16H,2,4,6-13,21H2;1-3,9H,4-6H2;1H,6-10H2,2-4H3,(H,13,14);1H. The van der Waals surface area contributed by atoms with Crippen molar-refractivity contribution < 1.29 is 123 Å². The molecular weight excluding hydrogens is 1850 g/mol. The lowest BCUT2D eigenvalue weighted by Crippen LogP contribution is -2.34. The van der Waals surface area contributed by atoms with Crippen molar-refractivity contribution in [1.29, 1.82) is 0 Å². The lowest BCUT2D eigenvalue weighted by molar-refractivity contribution is -0.133. The number of aryl methyl sites for hydroxylation is 2. The number of alkyl carbamates (subject to hydrolysis) is 3. The van der Waals surface area contributed by atoms with Crippen LogP contribution in [0.5, 0.6) is 0 Å². The third kappa shape index (κ3) is 36.3. The van der Waals surface area contributed by atoms with E-state index >= 15 is 0 Å². The highest BCUT2D eigenvalue weighted by atomic mass is 79.9. The largest absolute Gasteiger partial charge is 0.444 e. The normalized spacial score (nSPS) is 16.3. The van der Waals surface area contributed by atoms with E-state index < -0.39 is 82.3 Å². The first-order chi connectivity index (χ1) is 64.0. The van der Waals surface area contributed by atoms with Crippen LogP contribution >= 0.6 is 28.3 Å². The van der Waals surface area contributed by atoms with Crippen LogP contribution in [0.15, 0.2) is 114 Å². The van der Waals surface area contributed by atoms with Crippen molar-refractivity contribution in [3.05, 3.63) is 136 Å². The number of terminal acetylenes is 1. The molecule has 3 amide bonds. The smallest absolute Gasteiger partial charge is 0.420 e. The Morgan fingerprint density at radius 2 is 0.696 bits per heavy atom. The summed E-state index contributed by atoms with van der Waals surface area (Å²) in [4.78, 5) is 178. The Labute approximate surface area is 793 Å². The minimum atomic E-state index is -0.702. The summed E-state index contributed by atoms with van der Waals surface area (Å²) in [6.45, 7) is 24.3. The van der Waals surface area contributed by atoms with E-state index in [4.69, 9.17) is 81.9 Å². The van der Waals surface area contributed by atoms with Gasteiger partial charge in [0.25, 0.3) is 0 Å². The van der Waals surface area contributed by atoms with Gasteiger partial charge in [-0.3, -0.25) is 56.6 Å². The van der Waals surface area contributed by atoms with Crippen LogP contribution in [0.3, 0.4) is 0 Å². The maximum atomic E-state index is 12.5. The van der Waals surface area contributed by atoms with Gasteiger partial charge in [0.2, 0.25) is 0 Å². The summed E-state index contributed by atoms with van der Waals surface area (Å²) >= 11 is 3.31. The predicted molar refractivity (Wildman–Crippen MR) is 499 cm³/mol. The molecule has 4 heterocycles. The van der Waals surface area contributed by atoms with Crippen LogP contribution in [-0.2, 0) is 103 Å². The number of ketones is 8. The Morgan fingerprint density at radius 1 is 0.400 bits per heavy atom. The Bertz CT molecular complexity index is 5710. The summed E-state index contributed by atoms with van der Waals surface area (Å²) < 4.78 is 85.8. The lowest BCUT2D eigenvalue weighted by Gasteiger charge is -2.20. The van der Waals surface area contributed by atoms with Crippen molar-refractivity contribution in [3.63, 3.8) is 0 Å². The molecule has 0 bridgehead atoms. The molecule has 135 heavy (non-hydrogen) atoms. The van der Waals surface area contributed by atoms with Crippen LogP contribution in [-0.4, -0.2) is 232 Å². The van der Waals surface area contributed by atoms with Gasteiger partial charge in [-0.2, -0.15) is 0 Å². The molecule has 4 saturated carbocycles. The third-order valence-corrected chi connectivity index (χ3v) is 20.9. The maximum Gasteiger partial charge on any atom is 0.420 e. The number of oxazole rings is 4. The molecule has 4 atom stereocenters. The van der Waals surface area contributed by atoms with E-state index in [1.165, 1.54) is 18.3 Å². The maximum absolute atomic E-state index is 12.5. The fourth-order valence-corrected chi connectivity index (χ4v) is 14.8. The molecule has 0 radical (unpaired) electrons. The highest BCUT2D eigenvalue weighted by Crippen LogP contribution is 2.34.